The number of rotatable bonds is 5. The van der Waals surface area contributed by atoms with Crippen LogP contribution < -0.4 is 18.9 Å². The summed E-state index contributed by atoms with van der Waals surface area (Å²) in [6, 6.07) is 25.0. The van der Waals surface area contributed by atoms with Crippen LogP contribution in [0.1, 0.15) is 40.4 Å². The van der Waals surface area contributed by atoms with Gasteiger partial charge in [0.05, 0.1) is 29.3 Å². The third-order valence-corrected chi connectivity index (χ3v) is 8.43. The average Bonchev–Trinajstić information content (AvgIpc) is 2.97. The summed E-state index contributed by atoms with van der Waals surface area (Å²) in [5.74, 6) is 1.74. The van der Waals surface area contributed by atoms with E-state index < -0.39 is 12.2 Å². The highest BCUT2D eigenvalue weighted by Crippen LogP contribution is 2.62. The molecule has 0 bridgehead atoms. The fraction of sp³-hybridized carbons (Fsp3) is 0.188. The number of methoxy groups -OCH3 is 2. The molecule has 2 aliphatic heterocycles. The van der Waals surface area contributed by atoms with Gasteiger partial charge in [0.15, 0.2) is 0 Å². The third kappa shape index (κ3) is 4.44. The molecule has 39 heavy (non-hydrogen) atoms. The zero-order valence-electron chi connectivity index (χ0n) is 21.4. The summed E-state index contributed by atoms with van der Waals surface area (Å²) in [5.41, 5.74) is 3.61. The molecule has 6 rings (SSSR count). The Morgan fingerprint density at radius 2 is 1.46 bits per heavy atom. The molecule has 4 atom stereocenters. The minimum Gasteiger partial charge on any atom is -0.508 e. The van der Waals surface area contributed by atoms with Crippen LogP contribution >= 0.6 is 22.6 Å². The molecule has 4 aromatic carbocycles. The normalized spacial score (nSPS) is 21.2. The number of halogens is 1. The second-order valence-electron chi connectivity index (χ2n) is 9.58. The number of hydrogen-bond donors (Lipinski definition) is 2. The maximum atomic E-state index is 10.8. The predicted molar refractivity (Wildman–Crippen MR) is 157 cm³/mol. The van der Waals surface area contributed by atoms with E-state index in [2.05, 4.69) is 46.9 Å². The molecule has 2 aliphatic rings. The molecule has 2 N–H and O–H groups in total. The SMILES string of the molecule is COc1cc(O)c(I)c2c1[C@@H](/C=C/c1ccccc1)[C@@H]1[C@@H](c3ccccc3)Oc3cc(O)cc(OC)c3[C@@H]1O2. The van der Waals surface area contributed by atoms with Gasteiger partial charge in [0.2, 0.25) is 0 Å². The standard InChI is InChI=1S/C32H27IO6/c1-36-23-15-20(34)16-25-28(23)31-27(30(38-25)19-11-7-4-8-12-19)21(14-13-18-9-5-3-6-10-18)26-24(37-2)17-22(35)29(33)32(26)39-31/h3-17,21,27,30-31,34-35H,1-2H3/b14-13+/t21-,27-,30-,31-/m1/s1. The van der Waals surface area contributed by atoms with Gasteiger partial charge in [0.25, 0.3) is 0 Å². The van der Waals surface area contributed by atoms with Crippen molar-refractivity contribution < 1.29 is 29.2 Å². The first kappa shape index (κ1) is 25.4. The lowest BCUT2D eigenvalue weighted by Gasteiger charge is -2.47. The molecule has 0 aromatic heterocycles. The van der Waals surface area contributed by atoms with Crippen LogP contribution in [-0.4, -0.2) is 24.4 Å². The summed E-state index contributed by atoms with van der Waals surface area (Å²) in [6.07, 6.45) is 3.35. The smallest absolute Gasteiger partial charge is 0.144 e. The average molecular weight is 634 g/mol. The topological polar surface area (TPSA) is 77.4 Å². The molecular formula is C32H27IO6. The first-order valence-electron chi connectivity index (χ1n) is 12.6. The van der Waals surface area contributed by atoms with Crippen LogP contribution in [0.5, 0.6) is 34.5 Å². The first-order valence-corrected chi connectivity index (χ1v) is 13.7. The van der Waals surface area contributed by atoms with E-state index in [9.17, 15) is 10.2 Å². The minimum atomic E-state index is -0.507. The van der Waals surface area contributed by atoms with Gasteiger partial charge in [-0.15, -0.1) is 0 Å². The van der Waals surface area contributed by atoms with E-state index >= 15 is 0 Å². The summed E-state index contributed by atoms with van der Waals surface area (Å²) in [7, 11) is 3.16. The summed E-state index contributed by atoms with van der Waals surface area (Å²) in [6.45, 7) is 0. The van der Waals surface area contributed by atoms with Gasteiger partial charge >= 0.3 is 0 Å². The van der Waals surface area contributed by atoms with Crippen molar-refractivity contribution in [3.8, 4) is 34.5 Å². The van der Waals surface area contributed by atoms with Crippen molar-refractivity contribution in [1.29, 1.82) is 0 Å². The van der Waals surface area contributed by atoms with E-state index in [4.69, 9.17) is 18.9 Å². The molecule has 0 fully saturated rings. The van der Waals surface area contributed by atoms with E-state index in [1.807, 2.05) is 48.5 Å². The number of benzene rings is 4. The molecule has 4 aromatic rings. The molecule has 2 heterocycles. The summed E-state index contributed by atoms with van der Waals surface area (Å²) < 4.78 is 25.6. The lowest BCUT2D eigenvalue weighted by atomic mass is 9.71. The highest BCUT2D eigenvalue weighted by molar-refractivity contribution is 14.1. The van der Waals surface area contributed by atoms with Crippen LogP contribution in [0.2, 0.25) is 0 Å². The van der Waals surface area contributed by atoms with Crippen LogP contribution in [0.15, 0.2) is 84.9 Å². The molecule has 0 spiro atoms. The molecular weight excluding hydrogens is 607 g/mol. The van der Waals surface area contributed by atoms with Gasteiger partial charge < -0.3 is 29.2 Å². The number of hydrogen-bond acceptors (Lipinski definition) is 6. The van der Waals surface area contributed by atoms with E-state index in [-0.39, 0.29) is 23.3 Å². The summed E-state index contributed by atoms with van der Waals surface area (Å²) in [4.78, 5) is 0. The van der Waals surface area contributed by atoms with Gasteiger partial charge in [-0.2, -0.15) is 0 Å². The quantitative estimate of drug-likeness (QED) is 0.223. The zero-order valence-corrected chi connectivity index (χ0v) is 23.5. The number of ether oxygens (including phenoxy) is 4. The first-order chi connectivity index (χ1) is 19.0. The largest absolute Gasteiger partial charge is 0.508 e. The van der Waals surface area contributed by atoms with Crippen LogP contribution in [0.4, 0.5) is 0 Å². The minimum absolute atomic E-state index is 0.0430. The van der Waals surface area contributed by atoms with Crippen molar-refractivity contribution in [1.82, 2.24) is 0 Å². The number of phenols is 2. The number of allylic oxidation sites excluding steroid dienone is 1. The Morgan fingerprint density at radius 1 is 0.795 bits per heavy atom. The van der Waals surface area contributed by atoms with E-state index in [1.54, 1.807) is 32.4 Å². The Bertz CT molecular complexity index is 1540. The lowest BCUT2D eigenvalue weighted by molar-refractivity contribution is -0.0112. The Morgan fingerprint density at radius 3 is 2.15 bits per heavy atom. The molecule has 0 saturated heterocycles. The van der Waals surface area contributed by atoms with Gasteiger partial charge in [-0.05, 0) is 33.7 Å². The Kier molecular flexibility index (Phi) is 6.76. The van der Waals surface area contributed by atoms with Crippen LogP contribution in [-0.2, 0) is 0 Å². The van der Waals surface area contributed by atoms with Crippen LogP contribution in [0.25, 0.3) is 6.08 Å². The van der Waals surface area contributed by atoms with Gasteiger partial charge in [0, 0.05) is 29.7 Å². The Balaban J connectivity index is 1.63. The van der Waals surface area contributed by atoms with Crippen molar-refractivity contribution in [2.75, 3.05) is 14.2 Å². The predicted octanol–water partition coefficient (Wildman–Crippen LogP) is 7.40. The van der Waals surface area contributed by atoms with Crippen molar-refractivity contribution >= 4 is 28.7 Å². The van der Waals surface area contributed by atoms with Gasteiger partial charge in [0.1, 0.15) is 46.7 Å². The van der Waals surface area contributed by atoms with Gasteiger partial charge in [-0.3, -0.25) is 0 Å². The fourth-order valence-corrected chi connectivity index (χ4v) is 6.26. The van der Waals surface area contributed by atoms with Crippen molar-refractivity contribution in [3.63, 3.8) is 0 Å². The maximum Gasteiger partial charge on any atom is 0.144 e. The van der Waals surface area contributed by atoms with Crippen LogP contribution in [0, 0.1) is 9.49 Å². The maximum absolute atomic E-state index is 10.8. The Labute approximate surface area is 240 Å². The highest BCUT2D eigenvalue weighted by Gasteiger charge is 2.51. The molecule has 0 unspecified atom stereocenters. The molecule has 7 heteroatoms. The van der Waals surface area contributed by atoms with Crippen molar-refractivity contribution in [2.45, 2.75) is 18.1 Å². The molecule has 198 valence electrons. The van der Waals surface area contributed by atoms with E-state index in [0.717, 1.165) is 16.7 Å². The number of phenolic OH excluding ortho intramolecular Hbond substituents is 2. The van der Waals surface area contributed by atoms with Crippen LogP contribution in [0.3, 0.4) is 0 Å². The summed E-state index contributed by atoms with van der Waals surface area (Å²) >= 11 is 2.12. The molecule has 0 aliphatic carbocycles. The van der Waals surface area contributed by atoms with Gasteiger partial charge in [-0.1, -0.05) is 72.8 Å². The third-order valence-electron chi connectivity index (χ3n) is 7.38. The number of fused-ring (bicyclic) bond motifs is 4. The molecule has 0 amide bonds. The molecule has 6 nitrogen and oxygen atoms in total. The molecule has 0 saturated carbocycles. The Hall–Kier alpha value is -3.85. The summed E-state index contributed by atoms with van der Waals surface area (Å²) in [5, 5.41) is 21.2. The second-order valence-corrected chi connectivity index (χ2v) is 10.7. The molecule has 0 radical (unpaired) electrons. The van der Waals surface area contributed by atoms with E-state index in [0.29, 0.717) is 32.1 Å². The lowest BCUT2D eigenvalue weighted by Crippen LogP contribution is -2.39. The highest BCUT2D eigenvalue weighted by atomic mass is 127. The monoisotopic (exact) mass is 634 g/mol. The number of aromatic hydroxyl groups is 2. The second kappa shape index (κ2) is 10.4. The van der Waals surface area contributed by atoms with E-state index in [1.165, 1.54) is 0 Å². The van der Waals surface area contributed by atoms with Gasteiger partial charge in [-0.25, -0.2) is 0 Å². The van der Waals surface area contributed by atoms with Crippen molar-refractivity contribution in [3.05, 3.63) is 111 Å². The zero-order chi connectivity index (χ0) is 27.1. The van der Waals surface area contributed by atoms with Crippen molar-refractivity contribution in [2.24, 2.45) is 5.92 Å². The fourth-order valence-electron chi connectivity index (χ4n) is 5.68.